The van der Waals surface area contributed by atoms with Gasteiger partial charge in [-0.05, 0) is 61.1 Å². The Morgan fingerprint density at radius 1 is 1.28 bits per heavy atom. The highest BCUT2D eigenvalue weighted by atomic mass is 16.5. The molecule has 5 heteroatoms. The summed E-state index contributed by atoms with van der Waals surface area (Å²) < 4.78 is 5.17. The predicted octanol–water partition coefficient (Wildman–Crippen LogP) is 3.35. The molecule has 1 aliphatic rings. The van der Waals surface area contributed by atoms with E-state index < -0.39 is 5.60 Å². The molecule has 2 aromatic carbocycles. The van der Waals surface area contributed by atoms with E-state index in [9.17, 15) is 9.90 Å². The van der Waals surface area contributed by atoms with E-state index in [4.69, 9.17) is 4.74 Å². The Morgan fingerprint density at radius 2 is 2.08 bits per heavy atom. The van der Waals surface area contributed by atoms with Gasteiger partial charge in [0.1, 0.15) is 11.4 Å². The second-order valence-electron chi connectivity index (χ2n) is 6.53. The average Bonchev–Trinajstić information content (AvgIpc) is 2.62. The summed E-state index contributed by atoms with van der Waals surface area (Å²) in [6.07, 6.45) is 2.52. The minimum atomic E-state index is -1.01. The number of hydrogen-bond acceptors (Lipinski definition) is 3. The van der Waals surface area contributed by atoms with Gasteiger partial charge >= 0.3 is 6.03 Å². The van der Waals surface area contributed by atoms with Gasteiger partial charge in [0.15, 0.2) is 0 Å². The van der Waals surface area contributed by atoms with Crippen LogP contribution in [-0.4, -0.2) is 24.8 Å². The molecular formula is C20H24N2O3. The number of rotatable bonds is 4. The number of amides is 2. The first-order chi connectivity index (χ1) is 12.0. The summed E-state index contributed by atoms with van der Waals surface area (Å²) >= 11 is 0. The molecule has 3 rings (SSSR count). The van der Waals surface area contributed by atoms with Crippen molar-refractivity contribution in [1.29, 1.82) is 0 Å². The van der Waals surface area contributed by atoms with Crippen molar-refractivity contribution in [2.75, 3.05) is 19.0 Å². The van der Waals surface area contributed by atoms with Crippen LogP contribution in [0.15, 0.2) is 42.5 Å². The molecule has 0 bridgehead atoms. The zero-order valence-electron chi connectivity index (χ0n) is 14.6. The van der Waals surface area contributed by atoms with Gasteiger partial charge in [0.2, 0.25) is 0 Å². The molecule has 2 amide bonds. The molecule has 0 radical (unpaired) electrons. The number of carbonyl (C=O) groups excluding carboxylic acids is 1. The Kier molecular flexibility index (Phi) is 4.95. The fourth-order valence-electron chi connectivity index (χ4n) is 3.38. The zero-order chi connectivity index (χ0) is 17.9. The number of carbonyl (C=O) groups is 1. The number of aliphatic hydroxyl groups is 1. The van der Waals surface area contributed by atoms with Crippen molar-refractivity contribution < 1.29 is 14.6 Å². The quantitative estimate of drug-likeness (QED) is 0.799. The number of hydrogen-bond donors (Lipinski definition) is 3. The zero-order valence-corrected chi connectivity index (χ0v) is 14.6. The lowest BCUT2D eigenvalue weighted by molar-refractivity contribution is 0.0221. The highest BCUT2D eigenvalue weighted by Gasteiger charge is 2.34. The number of ether oxygens (including phenoxy) is 1. The standard InChI is InChI=1S/C20H24N2O3/c1-14-12-16(25-2)9-10-18(14)22-19(23)21-13-20(24)11-5-7-15-6-3-4-8-17(15)20/h3-4,6,8-10,12,24H,5,7,11,13H2,1-2H3,(H2,21,22,23). The molecule has 0 saturated carbocycles. The highest BCUT2D eigenvalue weighted by molar-refractivity contribution is 5.90. The van der Waals surface area contributed by atoms with Crippen molar-refractivity contribution in [2.45, 2.75) is 31.8 Å². The van der Waals surface area contributed by atoms with Crippen LogP contribution in [0.1, 0.15) is 29.5 Å². The summed E-state index contributed by atoms with van der Waals surface area (Å²) in [5.41, 5.74) is 2.69. The lowest BCUT2D eigenvalue weighted by Crippen LogP contribution is -2.44. The summed E-state index contributed by atoms with van der Waals surface area (Å²) in [7, 11) is 1.61. The van der Waals surface area contributed by atoms with Gasteiger partial charge in [-0.15, -0.1) is 0 Å². The Morgan fingerprint density at radius 3 is 2.84 bits per heavy atom. The fraction of sp³-hybridized carbons (Fsp3) is 0.350. The average molecular weight is 340 g/mol. The van der Waals surface area contributed by atoms with Gasteiger partial charge in [-0.3, -0.25) is 0 Å². The number of nitrogens with one attached hydrogen (secondary N) is 2. The predicted molar refractivity (Wildman–Crippen MR) is 98.0 cm³/mol. The van der Waals surface area contributed by atoms with Crippen LogP contribution in [0.25, 0.3) is 0 Å². The van der Waals surface area contributed by atoms with Crippen molar-refractivity contribution in [3.8, 4) is 5.75 Å². The lowest BCUT2D eigenvalue weighted by atomic mass is 9.79. The van der Waals surface area contributed by atoms with Crippen LogP contribution in [0.3, 0.4) is 0 Å². The molecule has 0 aliphatic heterocycles. The van der Waals surface area contributed by atoms with Crippen molar-refractivity contribution in [3.05, 3.63) is 59.2 Å². The van der Waals surface area contributed by atoms with E-state index in [1.54, 1.807) is 19.2 Å². The third-order valence-electron chi connectivity index (χ3n) is 4.78. The van der Waals surface area contributed by atoms with Gasteiger partial charge in [0.25, 0.3) is 0 Å². The number of urea groups is 1. The third kappa shape index (κ3) is 3.77. The van der Waals surface area contributed by atoms with Crippen LogP contribution in [-0.2, 0) is 12.0 Å². The molecule has 0 saturated heterocycles. The molecule has 1 aliphatic carbocycles. The van der Waals surface area contributed by atoms with Gasteiger partial charge in [0.05, 0.1) is 13.7 Å². The molecular weight excluding hydrogens is 316 g/mol. The fourth-order valence-corrected chi connectivity index (χ4v) is 3.38. The SMILES string of the molecule is COc1ccc(NC(=O)NCC2(O)CCCc3ccccc32)c(C)c1. The molecule has 3 N–H and O–H groups in total. The van der Waals surface area contributed by atoms with E-state index in [1.165, 1.54) is 0 Å². The van der Waals surface area contributed by atoms with Crippen molar-refractivity contribution in [2.24, 2.45) is 0 Å². The van der Waals surface area contributed by atoms with Crippen LogP contribution in [0.4, 0.5) is 10.5 Å². The van der Waals surface area contributed by atoms with Crippen molar-refractivity contribution in [3.63, 3.8) is 0 Å². The largest absolute Gasteiger partial charge is 0.497 e. The number of anilines is 1. The molecule has 25 heavy (non-hydrogen) atoms. The second-order valence-corrected chi connectivity index (χ2v) is 6.53. The maximum absolute atomic E-state index is 12.3. The smallest absolute Gasteiger partial charge is 0.319 e. The third-order valence-corrected chi connectivity index (χ3v) is 4.78. The van der Waals surface area contributed by atoms with E-state index in [2.05, 4.69) is 10.6 Å². The van der Waals surface area contributed by atoms with Crippen LogP contribution in [0.2, 0.25) is 0 Å². The highest BCUT2D eigenvalue weighted by Crippen LogP contribution is 2.34. The van der Waals surface area contributed by atoms with E-state index in [-0.39, 0.29) is 12.6 Å². The van der Waals surface area contributed by atoms with Crippen molar-refractivity contribution >= 4 is 11.7 Å². The van der Waals surface area contributed by atoms with E-state index in [1.807, 2.05) is 37.3 Å². The molecule has 0 heterocycles. The van der Waals surface area contributed by atoms with Gasteiger partial charge in [0, 0.05) is 5.69 Å². The molecule has 2 aromatic rings. The van der Waals surface area contributed by atoms with Gasteiger partial charge in [-0.2, -0.15) is 0 Å². The summed E-state index contributed by atoms with van der Waals surface area (Å²) in [4.78, 5) is 12.3. The van der Waals surface area contributed by atoms with E-state index >= 15 is 0 Å². The van der Waals surface area contributed by atoms with E-state index in [0.717, 1.165) is 35.3 Å². The molecule has 0 aromatic heterocycles. The van der Waals surface area contributed by atoms with Crippen LogP contribution in [0.5, 0.6) is 5.75 Å². The summed E-state index contributed by atoms with van der Waals surface area (Å²) in [5.74, 6) is 0.747. The van der Waals surface area contributed by atoms with Gasteiger partial charge < -0.3 is 20.5 Å². The van der Waals surface area contributed by atoms with E-state index in [0.29, 0.717) is 12.1 Å². The number of methoxy groups -OCH3 is 1. The normalized spacial score (nSPS) is 19.0. The minimum Gasteiger partial charge on any atom is -0.497 e. The monoisotopic (exact) mass is 340 g/mol. The molecule has 132 valence electrons. The maximum Gasteiger partial charge on any atom is 0.319 e. The molecule has 0 fully saturated rings. The maximum atomic E-state index is 12.3. The number of aryl methyl sites for hydroxylation is 2. The Hall–Kier alpha value is -2.53. The lowest BCUT2D eigenvalue weighted by Gasteiger charge is -2.34. The molecule has 5 nitrogen and oxygen atoms in total. The van der Waals surface area contributed by atoms with Crippen LogP contribution in [0, 0.1) is 6.92 Å². The van der Waals surface area contributed by atoms with Crippen molar-refractivity contribution in [1.82, 2.24) is 5.32 Å². The Balaban J connectivity index is 1.65. The molecule has 1 unspecified atom stereocenters. The first-order valence-electron chi connectivity index (χ1n) is 8.52. The topological polar surface area (TPSA) is 70.6 Å². The molecule has 0 spiro atoms. The first-order valence-corrected chi connectivity index (χ1v) is 8.52. The summed E-state index contributed by atoms with van der Waals surface area (Å²) in [5, 5.41) is 16.6. The first kappa shape index (κ1) is 17.3. The van der Waals surface area contributed by atoms with Gasteiger partial charge in [-0.1, -0.05) is 24.3 Å². The van der Waals surface area contributed by atoms with Crippen LogP contribution >= 0.6 is 0 Å². The van der Waals surface area contributed by atoms with Crippen LogP contribution < -0.4 is 15.4 Å². The van der Waals surface area contributed by atoms with Gasteiger partial charge in [-0.25, -0.2) is 4.79 Å². The number of fused-ring (bicyclic) bond motifs is 1. The Labute approximate surface area is 148 Å². The molecule has 1 atom stereocenters. The summed E-state index contributed by atoms with van der Waals surface area (Å²) in [6, 6.07) is 13.0. The summed E-state index contributed by atoms with van der Waals surface area (Å²) in [6.45, 7) is 2.09. The number of benzene rings is 2. The Bertz CT molecular complexity index is 775. The minimum absolute atomic E-state index is 0.186. The second kappa shape index (κ2) is 7.15.